The number of aromatic nitrogens is 5. The van der Waals surface area contributed by atoms with E-state index in [-0.39, 0.29) is 5.91 Å². The molecule has 2 aliphatic heterocycles. The van der Waals surface area contributed by atoms with Crippen LogP contribution in [0.3, 0.4) is 0 Å². The Labute approximate surface area is 224 Å². The molecular formula is C28H25N7O3S. The summed E-state index contributed by atoms with van der Waals surface area (Å²) in [6, 6.07) is 16.0. The van der Waals surface area contributed by atoms with Crippen molar-refractivity contribution >= 4 is 43.7 Å². The summed E-state index contributed by atoms with van der Waals surface area (Å²) in [5.74, 6) is 0.458. The molecule has 5 aromatic rings. The van der Waals surface area contributed by atoms with Crippen LogP contribution in [0.25, 0.3) is 33.5 Å². The highest BCUT2D eigenvalue weighted by Gasteiger charge is 2.49. The third-order valence-electron chi connectivity index (χ3n) is 7.90. The predicted octanol–water partition coefficient (Wildman–Crippen LogP) is 3.34. The van der Waals surface area contributed by atoms with Gasteiger partial charge in [0.15, 0.2) is 11.5 Å². The largest absolute Gasteiger partial charge is 0.325 e. The molecule has 0 aliphatic carbocycles. The molecule has 0 atom stereocenters. The summed E-state index contributed by atoms with van der Waals surface area (Å²) in [5, 5.41) is 4.11. The molecule has 11 heteroatoms. The summed E-state index contributed by atoms with van der Waals surface area (Å²) in [4.78, 5) is 31.4. The molecule has 1 amide bonds. The van der Waals surface area contributed by atoms with E-state index in [2.05, 4.69) is 32.4 Å². The van der Waals surface area contributed by atoms with Crippen molar-refractivity contribution in [2.45, 2.75) is 24.8 Å². The summed E-state index contributed by atoms with van der Waals surface area (Å²) in [5.41, 5.74) is 5.19. The summed E-state index contributed by atoms with van der Waals surface area (Å²) in [7, 11) is -3.28. The fraction of sp³-hybridized carbons (Fsp3) is 0.250. The van der Waals surface area contributed by atoms with Gasteiger partial charge in [0.05, 0.1) is 36.3 Å². The van der Waals surface area contributed by atoms with Crippen molar-refractivity contribution in [3.63, 3.8) is 0 Å². The lowest BCUT2D eigenvalue weighted by atomic mass is 9.74. The van der Waals surface area contributed by atoms with Crippen molar-refractivity contribution in [3.8, 4) is 11.4 Å². The van der Waals surface area contributed by atoms with Crippen molar-refractivity contribution in [1.82, 2.24) is 28.8 Å². The Morgan fingerprint density at radius 3 is 2.67 bits per heavy atom. The maximum atomic E-state index is 13.1. The molecule has 2 aliphatic rings. The molecule has 1 fully saturated rings. The third-order valence-corrected chi connectivity index (χ3v) is 9.20. The Morgan fingerprint density at radius 2 is 1.85 bits per heavy atom. The van der Waals surface area contributed by atoms with Crippen LogP contribution in [0.1, 0.15) is 24.0 Å². The zero-order valence-electron chi connectivity index (χ0n) is 21.2. The SMILES string of the molecule is CS(=O)(=O)N1CCC2(CC1)C(=O)Nc1cc(-c3ncc4ncn(Cc5ccc6ncccc6c5)c4n3)ccc12. The highest BCUT2D eigenvalue weighted by Crippen LogP contribution is 2.46. The first-order valence-corrected chi connectivity index (χ1v) is 14.6. The Morgan fingerprint density at radius 1 is 1.00 bits per heavy atom. The number of hydrogen-bond acceptors (Lipinski definition) is 7. The van der Waals surface area contributed by atoms with Crippen LogP contribution in [-0.4, -0.2) is 62.5 Å². The van der Waals surface area contributed by atoms with Gasteiger partial charge in [0.2, 0.25) is 15.9 Å². The third kappa shape index (κ3) is 3.96. The first kappa shape index (κ1) is 23.9. The normalized spacial score (nSPS) is 17.1. The van der Waals surface area contributed by atoms with Gasteiger partial charge >= 0.3 is 0 Å². The van der Waals surface area contributed by atoms with Gasteiger partial charge in [0.25, 0.3) is 0 Å². The van der Waals surface area contributed by atoms with Crippen LogP contribution in [0.15, 0.2) is 67.3 Å². The number of carbonyl (C=O) groups is 1. The number of fused-ring (bicyclic) bond motifs is 4. The number of carbonyl (C=O) groups excluding carboxylic acids is 1. The van der Waals surface area contributed by atoms with E-state index in [1.54, 1.807) is 18.7 Å². The molecule has 1 saturated heterocycles. The van der Waals surface area contributed by atoms with E-state index in [4.69, 9.17) is 4.98 Å². The lowest BCUT2D eigenvalue weighted by molar-refractivity contribution is -0.122. The number of hydrogen-bond donors (Lipinski definition) is 1. The van der Waals surface area contributed by atoms with E-state index >= 15 is 0 Å². The number of rotatable bonds is 4. The Bertz CT molecular complexity index is 1890. The van der Waals surface area contributed by atoms with Crippen molar-refractivity contribution < 1.29 is 13.2 Å². The van der Waals surface area contributed by atoms with Crippen LogP contribution in [0.5, 0.6) is 0 Å². The minimum atomic E-state index is -3.28. The number of sulfonamides is 1. The van der Waals surface area contributed by atoms with Crippen LogP contribution < -0.4 is 5.32 Å². The van der Waals surface area contributed by atoms with Crippen LogP contribution >= 0.6 is 0 Å². The summed E-state index contributed by atoms with van der Waals surface area (Å²) in [6.07, 6.45) is 7.38. The molecule has 3 aromatic heterocycles. The summed E-state index contributed by atoms with van der Waals surface area (Å²) < 4.78 is 27.4. The molecule has 1 spiro atoms. The van der Waals surface area contributed by atoms with E-state index in [0.29, 0.717) is 43.8 Å². The predicted molar refractivity (Wildman–Crippen MR) is 148 cm³/mol. The monoisotopic (exact) mass is 539 g/mol. The molecule has 39 heavy (non-hydrogen) atoms. The highest BCUT2D eigenvalue weighted by atomic mass is 32.2. The molecule has 10 nitrogen and oxygen atoms in total. The van der Waals surface area contributed by atoms with E-state index in [1.165, 1.54) is 10.6 Å². The van der Waals surface area contributed by atoms with Crippen LogP contribution in [0, 0.1) is 0 Å². The second kappa shape index (κ2) is 8.65. The molecule has 1 N–H and O–H groups in total. The van der Waals surface area contributed by atoms with Gasteiger partial charge in [-0.2, -0.15) is 0 Å². The molecule has 0 unspecified atom stereocenters. The smallest absolute Gasteiger partial charge is 0.235 e. The highest BCUT2D eigenvalue weighted by molar-refractivity contribution is 7.88. The molecule has 0 saturated carbocycles. The Hall–Kier alpha value is -4.22. The summed E-state index contributed by atoms with van der Waals surface area (Å²) >= 11 is 0. The number of imidazole rings is 1. The molecule has 7 rings (SSSR count). The van der Waals surface area contributed by atoms with Gasteiger partial charge in [0.1, 0.15) is 5.52 Å². The van der Waals surface area contributed by atoms with Crippen molar-refractivity contribution in [2.24, 2.45) is 0 Å². The van der Waals surface area contributed by atoms with Gasteiger partial charge in [-0.05, 0) is 48.2 Å². The van der Waals surface area contributed by atoms with Crippen LogP contribution in [0.4, 0.5) is 5.69 Å². The van der Waals surface area contributed by atoms with Gasteiger partial charge in [-0.3, -0.25) is 9.78 Å². The van der Waals surface area contributed by atoms with Crippen LogP contribution in [-0.2, 0) is 26.8 Å². The second-order valence-electron chi connectivity index (χ2n) is 10.3. The van der Waals surface area contributed by atoms with E-state index in [0.717, 1.165) is 38.9 Å². The van der Waals surface area contributed by atoms with Gasteiger partial charge in [-0.1, -0.05) is 24.3 Å². The van der Waals surface area contributed by atoms with Gasteiger partial charge < -0.3 is 9.88 Å². The molecule has 0 radical (unpaired) electrons. The van der Waals surface area contributed by atoms with Crippen molar-refractivity contribution in [1.29, 1.82) is 0 Å². The fourth-order valence-corrected chi connectivity index (χ4v) is 6.64. The zero-order chi connectivity index (χ0) is 26.8. The van der Waals surface area contributed by atoms with Crippen molar-refractivity contribution in [2.75, 3.05) is 24.7 Å². The number of amides is 1. The standard InChI is InChI=1S/C28H25N7O3S/c1-39(37,38)35-11-8-28(9-12-35)21-6-5-20(14-23(21)32-27(28)36)25-30-15-24-26(33-25)34(17-31-24)16-18-4-7-22-19(13-18)3-2-10-29-22/h2-7,10,13-15,17H,8-9,11-12,16H2,1H3,(H,32,36). The number of nitrogens with zero attached hydrogens (tertiary/aromatic N) is 6. The van der Waals surface area contributed by atoms with E-state index in [9.17, 15) is 13.2 Å². The molecule has 5 heterocycles. The topological polar surface area (TPSA) is 123 Å². The number of nitrogens with one attached hydrogen (secondary N) is 1. The first-order valence-electron chi connectivity index (χ1n) is 12.7. The quantitative estimate of drug-likeness (QED) is 0.372. The van der Waals surface area contributed by atoms with E-state index < -0.39 is 15.4 Å². The summed E-state index contributed by atoms with van der Waals surface area (Å²) in [6.45, 7) is 1.25. The second-order valence-corrected chi connectivity index (χ2v) is 12.2. The maximum absolute atomic E-state index is 13.1. The fourth-order valence-electron chi connectivity index (χ4n) is 5.79. The minimum Gasteiger partial charge on any atom is -0.325 e. The molecular weight excluding hydrogens is 514 g/mol. The van der Waals surface area contributed by atoms with Crippen LogP contribution in [0.2, 0.25) is 0 Å². The molecule has 196 valence electrons. The minimum absolute atomic E-state index is 0.0807. The zero-order valence-corrected chi connectivity index (χ0v) is 22.0. The first-order chi connectivity index (χ1) is 18.8. The number of piperidine rings is 1. The van der Waals surface area contributed by atoms with Gasteiger partial charge in [0, 0.05) is 35.9 Å². The lowest BCUT2D eigenvalue weighted by Crippen LogP contribution is -2.47. The Balaban J connectivity index is 1.19. The number of benzene rings is 2. The van der Waals surface area contributed by atoms with Gasteiger partial charge in [-0.25, -0.2) is 27.7 Å². The molecule has 2 aromatic carbocycles. The van der Waals surface area contributed by atoms with Crippen molar-refractivity contribution in [3.05, 3.63) is 78.4 Å². The lowest BCUT2D eigenvalue weighted by Gasteiger charge is -2.36. The molecule has 0 bridgehead atoms. The number of anilines is 1. The number of pyridine rings is 1. The Kier molecular flexibility index (Phi) is 5.29. The average Bonchev–Trinajstić information content (AvgIpc) is 3.45. The van der Waals surface area contributed by atoms with E-state index in [1.807, 2.05) is 41.0 Å². The maximum Gasteiger partial charge on any atom is 0.235 e. The average molecular weight is 540 g/mol. The van der Waals surface area contributed by atoms with Gasteiger partial charge in [-0.15, -0.1) is 0 Å².